The van der Waals surface area contributed by atoms with Crippen LogP contribution in [0.15, 0.2) is 41.4 Å². The van der Waals surface area contributed by atoms with Gasteiger partial charge in [0.15, 0.2) is 0 Å². The van der Waals surface area contributed by atoms with Crippen LogP contribution in [0.1, 0.15) is 10.5 Å². The summed E-state index contributed by atoms with van der Waals surface area (Å²) < 4.78 is 35.1. The van der Waals surface area contributed by atoms with Gasteiger partial charge in [0.2, 0.25) is 0 Å². The molecular formula is C12H7Cl2FN2O3S. The molecule has 1 N–H and O–H groups in total. The van der Waals surface area contributed by atoms with Crippen molar-refractivity contribution in [2.45, 2.75) is 4.90 Å². The lowest BCUT2D eigenvalue weighted by Crippen LogP contribution is -2.13. The van der Waals surface area contributed by atoms with Gasteiger partial charge in [0.25, 0.3) is 15.0 Å². The van der Waals surface area contributed by atoms with Crippen LogP contribution in [0.4, 0.5) is 10.1 Å². The Hall–Kier alpha value is -1.70. The second-order valence-electron chi connectivity index (χ2n) is 3.90. The summed E-state index contributed by atoms with van der Waals surface area (Å²) in [4.78, 5) is 15.2. The molecule has 0 atom stereocenters. The lowest BCUT2D eigenvalue weighted by atomic mass is 10.3. The third kappa shape index (κ3) is 3.90. The smallest absolute Gasteiger partial charge is 0.274 e. The molecule has 1 amide bonds. The van der Waals surface area contributed by atoms with Crippen LogP contribution in [0.2, 0.25) is 5.02 Å². The molecule has 9 heteroatoms. The fraction of sp³-hybridized carbons (Fsp3) is 0. The van der Waals surface area contributed by atoms with Crippen LogP contribution in [0.5, 0.6) is 0 Å². The Labute approximate surface area is 129 Å². The standard InChI is InChI=1S/C12H7Cl2FN2O3S/c13-9-5-8(2-4-11(9)21(14,19)20)17-12(18)10-3-1-7(15)6-16-10/h1-6H,(H,17,18). The predicted molar refractivity (Wildman–Crippen MR) is 76.6 cm³/mol. The van der Waals surface area contributed by atoms with E-state index in [0.29, 0.717) is 0 Å². The first-order valence-corrected chi connectivity index (χ1v) is 8.13. The van der Waals surface area contributed by atoms with E-state index in [-0.39, 0.29) is 21.3 Å². The number of rotatable bonds is 3. The maximum Gasteiger partial charge on any atom is 0.274 e. The highest BCUT2D eigenvalue weighted by Crippen LogP contribution is 2.27. The fourth-order valence-corrected chi connectivity index (χ4v) is 3.01. The second kappa shape index (κ2) is 5.97. The zero-order valence-electron chi connectivity index (χ0n) is 10.2. The predicted octanol–water partition coefficient (Wildman–Crippen LogP) is 3.05. The number of anilines is 1. The highest BCUT2D eigenvalue weighted by Gasteiger charge is 2.16. The fourth-order valence-electron chi connectivity index (χ4n) is 1.48. The molecule has 0 fully saturated rings. The molecule has 0 radical (unpaired) electrons. The highest BCUT2D eigenvalue weighted by molar-refractivity contribution is 8.13. The van der Waals surface area contributed by atoms with Crippen molar-refractivity contribution in [3.63, 3.8) is 0 Å². The normalized spacial score (nSPS) is 11.2. The van der Waals surface area contributed by atoms with Crippen molar-refractivity contribution < 1.29 is 17.6 Å². The molecule has 0 aliphatic carbocycles. The average molecular weight is 349 g/mol. The number of carbonyl (C=O) groups excluding carboxylic acids is 1. The molecule has 2 rings (SSSR count). The minimum absolute atomic E-state index is 0.00145. The molecule has 110 valence electrons. The topological polar surface area (TPSA) is 76.1 Å². The highest BCUT2D eigenvalue weighted by atomic mass is 35.7. The summed E-state index contributed by atoms with van der Waals surface area (Å²) in [6.07, 6.45) is 0.908. The van der Waals surface area contributed by atoms with Gasteiger partial charge in [-0.3, -0.25) is 4.79 Å². The lowest BCUT2D eigenvalue weighted by molar-refractivity contribution is 0.102. The molecule has 0 saturated heterocycles. The quantitative estimate of drug-likeness (QED) is 0.864. The van der Waals surface area contributed by atoms with E-state index >= 15 is 0 Å². The Morgan fingerprint density at radius 2 is 1.95 bits per heavy atom. The number of benzene rings is 1. The third-order valence-corrected chi connectivity index (χ3v) is 4.22. The van der Waals surface area contributed by atoms with E-state index in [4.69, 9.17) is 22.3 Å². The number of carbonyl (C=O) groups is 1. The van der Waals surface area contributed by atoms with Crippen molar-refractivity contribution in [1.82, 2.24) is 4.98 Å². The summed E-state index contributed by atoms with van der Waals surface area (Å²) >= 11 is 5.78. The van der Waals surface area contributed by atoms with Gasteiger partial charge in [-0.25, -0.2) is 17.8 Å². The number of nitrogens with zero attached hydrogens (tertiary/aromatic N) is 1. The molecule has 0 saturated carbocycles. The van der Waals surface area contributed by atoms with Crippen LogP contribution < -0.4 is 5.32 Å². The average Bonchev–Trinajstić information content (AvgIpc) is 2.37. The van der Waals surface area contributed by atoms with Gasteiger partial charge < -0.3 is 5.32 Å². The maximum absolute atomic E-state index is 12.7. The molecule has 5 nitrogen and oxygen atoms in total. The summed E-state index contributed by atoms with van der Waals surface area (Å²) in [6.45, 7) is 0. The van der Waals surface area contributed by atoms with E-state index in [1.807, 2.05) is 0 Å². The lowest BCUT2D eigenvalue weighted by Gasteiger charge is -2.07. The minimum Gasteiger partial charge on any atom is -0.321 e. The van der Waals surface area contributed by atoms with Crippen LogP contribution in [-0.2, 0) is 9.05 Å². The molecule has 2 aromatic rings. The van der Waals surface area contributed by atoms with Crippen LogP contribution >= 0.6 is 22.3 Å². The zero-order chi connectivity index (χ0) is 15.6. The number of hydrogen-bond donors (Lipinski definition) is 1. The molecular weight excluding hydrogens is 342 g/mol. The van der Waals surface area contributed by atoms with Gasteiger partial charge in [-0.2, -0.15) is 0 Å². The Kier molecular flexibility index (Phi) is 4.46. The number of aromatic nitrogens is 1. The molecule has 0 aliphatic rings. The maximum atomic E-state index is 12.7. The Morgan fingerprint density at radius 1 is 1.24 bits per heavy atom. The monoisotopic (exact) mass is 348 g/mol. The van der Waals surface area contributed by atoms with Gasteiger partial charge in [0.1, 0.15) is 16.4 Å². The molecule has 0 aliphatic heterocycles. The van der Waals surface area contributed by atoms with Crippen LogP contribution in [0.25, 0.3) is 0 Å². The molecule has 0 bridgehead atoms. The van der Waals surface area contributed by atoms with Crippen molar-refractivity contribution in [2.24, 2.45) is 0 Å². The van der Waals surface area contributed by atoms with Crippen molar-refractivity contribution in [2.75, 3.05) is 5.32 Å². The van der Waals surface area contributed by atoms with E-state index in [0.717, 1.165) is 12.3 Å². The van der Waals surface area contributed by atoms with Crippen molar-refractivity contribution >= 4 is 42.9 Å². The summed E-state index contributed by atoms with van der Waals surface area (Å²) in [6, 6.07) is 6.03. The van der Waals surface area contributed by atoms with Crippen LogP contribution in [0, 0.1) is 5.82 Å². The number of nitrogens with one attached hydrogen (secondary N) is 1. The number of halogens is 3. The zero-order valence-corrected chi connectivity index (χ0v) is 12.5. The summed E-state index contributed by atoms with van der Waals surface area (Å²) in [7, 11) is 1.23. The SMILES string of the molecule is O=C(Nc1ccc(S(=O)(=O)Cl)c(Cl)c1)c1ccc(F)cn1. The first-order valence-electron chi connectivity index (χ1n) is 5.44. The molecule has 0 spiro atoms. The van der Waals surface area contributed by atoms with E-state index in [9.17, 15) is 17.6 Å². The first kappa shape index (κ1) is 15.7. The number of hydrogen-bond acceptors (Lipinski definition) is 4. The number of pyridine rings is 1. The minimum atomic E-state index is -3.96. The molecule has 21 heavy (non-hydrogen) atoms. The molecule has 0 unspecified atom stereocenters. The summed E-state index contributed by atoms with van der Waals surface area (Å²) in [5.74, 6) is -1.15. The van der Waals surface area contributed by atoms with Crippen molar-refractivity contribution in [1.29, 1.82) is 0 Å². The number of amides is 1. The van der Waals surface area contributed by atoms with Gasteiger partial charge in [-0.1, -0.05) is 11.6 Å². The van der Waals surface area contributed by atoms with Crippen LogP contribution in [0.3, 0.4) is 0 Å². The second-order valence-corrected chi connectivity index (χ2v) is 6.84. The molecule has 1 aromatic heterocycles. The van der Waals surface area contributed by atoms with Gasteiger partial charge >= 0.3 is 0 Å². The van der Waals surface area contributed by atoms with Crippen LogP contribution in [-0.4, -0.2) is 19.3 Å². The van der Waals surface area contributed by atoms with E-state index in [2.05, 4.69) is 10.3 Å². The van der Waals surface area contributed by atoms with Gasteiger partial charge in [-0.15, -0.1) is 0 Å². The molecule has 1 heterocycles. The van der Waals surface area contributed by atoms with E-state index in [1.54, 1.807) is 0 Å². The first-order chi connectivity index (χ1) is 9.77. The van der Waals surface area contributed by atoms with Crippen molar-refractivity contribution in [3.05, 3.63) is 53.1 Å². The Morgan fingerprint density at radius 3 is 2.48 bits per heavy atom. The van der Waals surface area contributed by atoms with Gasteiger partial charge in [0, 0.05) is 16.4 Å². The molecule has 1 aromatic carbocycles. The largest absolute Gasteiger partial charge is 0.321 e. The third-order valence-electron chi connectivity index (χ3n) is 2.41. The summed E-state index contributed by atoms with van der Waals surface area (Å²) in [5.41, 5.74) is 0.252. The van der Waals surface area contributed by atoms with E-state index < -0.39 is 20.8 Å². The Balaban J connectivity index is 2.22. The summed E-state index contributed by atoms with van der Waals surface area (Å²) in [5, 5.41) is 2.32. The van der Waals surface area contributed by atoms with E-state index in [1.165, 1.54) is 24.3 Å². The van der Waals surface area contributed by atoms with Crippen molar-refractivity contribution in [3.8, 4) is 0 Å². The van der Waals surface area contributed by atoms with Gasteiger partial charge in [-0.05, 0) is 30.3 Å². The van der Waals surface area contributed by atoms with Gasteiger partial charge in [0.05, 0.1) is 11.2 Å². The Bertz CT molecular complexity index is 795.